The van der Waals surface area contributed by atoms with E-state index >= 15 is 0 Å². The van der Waals surface area contributed by atoms with Gasteiger partial charge in [0, 0.05) is 11.5 Å². The van der Waals surface area contributed by atoms with Gasteiger partial charge in [0.05, 0.1) is 12.0 Å². The van der Waals surface area contributed by atoms with Crippen LogP contribution in [-0.4, -0.2) is 22.2 Å². The number of carboxylic acids is 2. The van der Waals surface area contributed by atoms with Gasteiger partial charge in [-0.3, -0.25) is 4.79 Å². The van der Waals surface area contributed by atoms with Crippen LogP contribution in [0.1, 0.15) is 36.2 Å². The monoisotopic (exact) mass is 258 g/mol. The molecule has 0 saturated heterocycles. The van der Waals surface area contributed by atoms with E-state index in [0.29, 0.717) is 6.07 Å². The van der Waals surface area contributed by atoms with Gasteiger partial charge in [-0.15, -0.1) is 0 Å². The molecule has 0 heterocycles. The molecule has 4 nitrogen and oxygen atoms in total. The van der Waals surface area contributed by atoms with E-state index in [-0.39, 0.29) is 5.56 Å². The molecule has 0 fully saturated rings. The van der Waals surface area contributed by atoms with Gasteiger partial charge in [-0.25, -0.2) is 13.6 Å². The molecule has 0 spiro atoms. The summed E-state index contributed by atoms with van der Waals surface area (Å²) in [5, 5.41) is 17.5. The number of rotatable bonds is 4. The van der Waals surface area contributed by atoms with E-state index in [9.17, 15) is 18.4 Å². The van der Waals surface area contributed by atoms with Gasteiger partial charge in [-0.1, -0.05) is 13.8 Å². The van der Waals surface area contributed by atoms with Crippen molar-refractivity contribution in [1.82, 2.24) is 0 Å². The third-order valence-electron chi connectivity index (χ3n) is 2.61. The first-order valence-electron chi connectivity index (χ1n) is 5.10. The molecule has 0 aliphatic rings. The van der Waals surface area contributed by atoms with E-state index in [4.69, 9.17) is 10.2 Å². The van der Waals surface area contributed by atoms with Crippen molar-refractivity contribution < 1.29 is 28.6 Å². The van der Waals surface area contributed by atoms with Gasteiger partial charge in [0.2, 0.25) is 0 Å². The summed E-state index contributed by atoms with van der Waals surface area (Å²) in [4.78, 5) is 21.4. The van der Waals surface area contributed by atoms with Crippen LogP contribution in [0.2, 0.25) is 0 Å². The molecule has 18 heavy (non-hydrogen) atoms. The Kier molecular flexibility index (Phi) is 3.69. The van der Waals surface area contributed by atoms with Crippen molar-refractivity contribution in [3.8, 4) is 0 Å². The normalized spacial score (nSPS) is 11.3. The van der Waals surface area contributed by atoms with Gasteiger partial charge in [0.1, 0.15) is 11.6 Å². The lowest BCUT2D eigenvalue weighted by molar-refractivity contribution is -0.138. The number of benzene rings is 1. The molecule has 0 aliphatic heterocycles. The number of carbonyl (C=O) groups is 2. The maximum absolute atomic E-state index is 13.6. The second-order valence-corrected chi connectivity index (χ2v) is 4.57. The highest BCUT2D eigenvalue weighted by atomic mass is 19.1. The molecule has 0 amide bonds. The third kappa shape index (κ3) is 2.82. The van der Waals surface area contributed by atoms with Crippen molar-refractivity contribution in [1.29, 1.82) is 0 Å². The first-order chi connectivity index (χ1) is 8.15. The Labute approximate surface area is 102 Å². The molecule has 6 heteroatoms. The van der Waals surface area contributed by atoms with Crippen LogP contribution in [0.4, 0.5) is 8.78 Å². The number of halogens is 2. The zero-order valence-corrected chi connectivity index (χ0v) is 9.83. The van der Waals surface area contributed by atoms with Gasteiger partial charge in [-0.05, 0) is 11.6 Å². The van der Waals surface area contributed by atoms with Crippen LogP contribution in [0.3, 0.4) is 0 Å². The minimum atomic E-state index is -1.53. The fourth-order valence-electron chi connectivity index (χ4n) is 1.70. The highest BCUT2D eigenvalue weighted by Gasteiger charge is 2.29. The van der Waals surface area contributed by atoms with Crippen LogP contribution in [-0.2, 0) is 10.2 Å². The maximum atomic E-state index is 13.6. The van der Waals surface area contributed by atoms with E-state index < -0.39 is 41.0 Å². The Bertz CT molecular complexity index is 509. The zero-order valence-electron chi connectivity index (χ0n) is 9.83. The van der Waals surface area contributed by atoms with Crippen LogP contribution in [0.25, 0.3) is 0 Å². The molecule has 0 aliphatic carbocycles. The smallest absolute Gasteiger partial charge is 0.338 e. The predicted molar refractivity (Wildman–Crippen MR) is 58.6 cm³/mol. The third-order valence-corrected chi connectivity index (χ3v) is 2.61. The summed E-state index contributed by atoms with van der Waals surface area (Å²) < 4.78 is 26.8. The van der Waals surface area contributed by atoms with Crippen molar-refractivity contribution in [2.75, 3.05) is 0 Å². The molecule has 0 radical (unpaired) electrons. The molecule has 0 unspecified atom stereocenters. The molecule has 0 saturated carbocycles. The van der Waals surface area contributed by atoms with Gasteiger partial charge in [-0.2, -0.15) is 0 Å². The first kappa shape index (κ1) is 14.1. The summed E-state index contributed by atoms with van der Waals surface area (Å²) in [6.45, 7) is 2.89. The largest absolute Gasteiger partial charge is 0.481 e. The minimum absolute atomic E-state index is 0.135. The van der Waals surface area contributed by atoms with Crippen molar-refractivity contribution in [2.24, 2.45) is 0 Å². The Morgan fingerprint density at radius 2 is 1.72 bits per heavy atom. The number of carboxylic acid groups (broad SMARTS) is 2. The first-order valence-corrected chi connectivity index (χ1v) is 5.10. The summed E-state index contributed by atoms with van der Waals surface area (Å²) >= 11 is 0. The predicted octanol–water partition coefficient (Wildman–Crippen LogP) is 2.42. The van der Waals surface area contributed by atoms with Crippen LogP contribution in [0.15, 0.2) is 12.1 Å². The van der Waals surface area contributed by atoms with Crippen molar-refractivity contribution in [3.63, 3.8) is 0 Å². The molecule has 1 aromatic carbocycles. The Balaban J connectivity index is 3.36. The molecule has 98 valence electrons. The lowest BCUT2D eigenvalue weighted by Gasteiger charge is -2.24. The van der Waals surface area contributed by atoms with Crippen LogP contribution in [0.5, 0.6) is 0 Å². The van der Waals surface area contributed by atoms with Gasteiger partial charge in [0.25, 0.3) is 0 Å². The Morgan fingerprint density at radius 3 is 2.17 bits per heavy atom. The van der Waals surface area contributed by atoms with Crippen LogP contribution < -0.4 is 0 Å². The fourth-order valence-corrected chi connectivity index (χ4v) is 1.70. The Morgan fingerprint density at radius 1 is 1.17 bits per heavy atom. The molecular weight excluding hydrogens is 246 g/mol. The number of hydrogen-bond donors (Lipinski definition) is 2. The van der Waals surface area contributed by atoms with E-state index in [2.05, 4.69) is 0 Å². The number of aromatic carboxylic acids is 1. The lowest BCUT2D eigenvalue weighted by atomic mass is 9.80. The summed E-state index contributed by atoms with van der Waals surface area (Å²) in [5.41, 5.74) is -1.94. The second kappa shape index (κ2) is 4.72. The van der Waals surface area contributed by atoms with Gasteiger partial charge < -0.3 is 10.2 Å². The molecule has 1 aromatic rings. The van der Waals surface area contributed by atoms with E-state index in [1.807, 2.05) is 0 Å². The molecule has 0 aromatic heterocycles. The van der Waals surface area contributed by atoms with E-state index in [1.165, 1.54) is 13.8 Å². The fraction of sp³-hybridized carbons (Fsp3) is 0.333. The highest BCUT2D eigenvalue weighted by Crippen LogP contribution is 2.31. The van der Waals surface area contributed by atoms with Gasteiger partial charge in [0.15, 0.2) is 0 Å². The van der Waals surface area contributed by atoms with Gasteiger partial charge >= 0.3 is 11.9 Å². The second-order valence-electron chi connectivity index (χ2n) is 4.57. The topological polar surface area (TPSA) is 74.6 Å². The number of hydrogen-bond acceptors (Lipinski definition) is 2. The molecule has 0 atom stereocenters. The lowest BCUT2D eigenvalue weighted by Crippen LogP contribution is -2.24. The zero-order chi connectivity index (χ0) is 14.1. The molecule has 1 rings (SSSR count). The quantitative estimate of drug-likeness (QED) is 0.869. The summed E-state index contributed by atoms with van der Waals surface area (Å²) in [5.74, 6) is -4.82. The van der Waals surface area contributed by atoms with Crippen LogP contribution in [0, 0.1) is 11.6 Å². The van der Waals surface area contributed by atoms with Crippen molar-refractivity contribution >= 4 is 11.9 Å². The Hall–Kier alpha value is -1.98. The van der Waals surface area contributed by atoms with Crippen molar-refractivity contribution in [3.05, 3.63) is 34.9 Å². The average Bonchev–Trinajstić information content (AvgIpc) is 2.13. The van der Waals surface area contributed by atoms with E-state index in [1.54, 1.807) is 0 Å². The summed E-state index contributed by atoms with van der Waals surface area (Å²) in [6, 6.07) is 1.30. The standard InChI is InChI=1S/C12H12F2O4/c1-12(2,5-10(15)16)7-3-6(11(17)18)8(13)4-9(7)14/h3-4H,5H2,1-2H3,(H,15,16)(H,17,18). The molecular formula is C12H12F2O4. The molecule has 0 bridgehead atoms. The average molecular weight is 258 g/mol. The SMILES string of the molecule is CC(C)(CC(=O)O)c1cc(C(=O)O)c(F)cc1F. The highest BCUT2D eigenvalue weighted by molar-refractivity contribution is 5.88. The summed E-state index contributed by atoms with van der Waals surface area (Å²) in [7, 11) is 0. The van der Waals surface area contributed by atoms with Crippen molar-refractivity contribution in [2.45, 2.75) is 25.7 Å². The number of aliphatic carboxylic acids is 1. The van der Waals surface area contributed by atoms with Crippen LogP contribution >= 0.6 is 0 Å². The summed E-state index contributed by atoms with van der Waals surface area (Å²) in [6.07, 6.45) is -0.394. The maximum Gasteiger partial charge on any atom is 0.338 e. The van der Waals surface area contributed by atoms with E-state index in [0.717, 1.165) is 6.07 Å². The molecule has 2 N–H and O–H groups in total. The minimum Gasteiger partial charge on any atom is -0.481 e.